The van der Waals surface area contributed by atoms with Crippen molar-refractivity contribution in [3.63, 3.8) is 0 Å². The largest absolute Gasteiger partial charge is 0.0950 e. The Morgan fingerprint density at radius 2 is 1.56 bits per heavy atom. The number of allylic oxidation sites excluding steroid dienone is 3. The first-order valence-electron chi connectivity index (χ1n) is 3.37. The van der Waals surface area contributed by atoms with Crippen molar-refractivity contribution in [2.24, 2.45) is 0 Å². The molecule has 9 heavy (non-hydrogen) atoms. The lowest BCUT2D eigenvalue weighted by atomic mass is 10.5. The van der Waals surface area contributed by atoms with E-state index < -0.39 is 8.07 Å². The van der Waals surface area contributed by atoms with E-state index in [0.717, 1.165) is 0 Å². The molecule has 0 aliphatic rings. The summed E-state index contributed by atoms with van der Waals surface area (Å²) in [7, 11) is -0.926. The highest BCUT2D eigenvalue weighted by Crippen LogP contribution is 2.01. The van der Waals surface area contributed by atoms with Crippen LogP contribution in [0.2, 0.25) is 19.6 Å². The van der Waals surface area contributed by atoms with Crippen molar-refractivity contribution in [2.75, 3.05) is 0 Å². The third kappa shape index (κ3) is 7.70. The summed E-state index contributed by atoms with van der Waals surface area (Å²) < 4.78 is 0. The van der Waals surface area contributed by atoms with Crippen molar-refractivity contribution >= 4 is 8.07 Å². The summed E-state index contributed by atoms with van der Waals surface area (Å²) in [6.45, 7) is 9.02. The molecule has 0 aliphatic heterocycles. The molecule has 0 bridgehead atoms. The molecule has 0 fully saturated rings. The lowest BCUT2D eigenvalue weighted by molar-refractivity contribution is 1.71. The zero-order valence-electron chi connectivity index (χ0n) is 6.81. The van der Waals surface area contributed by atoms with E-state index in [0.29, 0.717) is 0 Å². The normalized spacial score (nSPS) is 13.8. The molecule has 0 nitrogen and oxygen atoms in total. The minimum absolute atomic E-state index is 0.926. The Bertz CT molecular complexity index is 115. The Morgan fingerprint density at radius 3 is 1.89 bits per heavy atom. The molecule has 0 aromatic rings. The minimum atomic E-state index is -0.926. The first-order valence-corrected chi connectivity index (χ1v) is 6.94. The topological polar surface area (TPSA) is 0 Å². The second kappa shape index (κ2) is 3.67. The van der Waals surface area contributed by atoms with Crippen molar-refractivity contribution in [3.8, 4) is 0 Å². The zero-order valence-corrected chi connectivity index (χ0v) is 7.81. The average molecular weight is 140 g/mol. The van der Waals surface area contributed by atoms with Crippen LogP contribution in [0.4, 0.5) is 0 Å². The summed E-state index contributed by atoms with van der Waals surface area (Å²) >= 11 is 0. The smallest absolute Gasteiger partial charge is 0.0686 e. The second-order valence-corrected chi connectivity index (χ2v) is 8.32. The van der Waals surface area contributed by atoms with Crippen molar-refractivity contribution in [3.05, 3.63) is 23.9 Å². The standard InChI is InChI=1S/C8H16Si/c1-5-6-7-8-9(2,3)4/h5-8H,1-4H3/b6-5-,8-7+. The van der Waals surface area contributed by atoms with Crippen LogP contribution in [0.5, 0.6) is 0 Å². The van der Waals surface area contributed by atoms with Gasteiger partial charge in [0.2, 0.25) is 0 Å². The molecule has 0 heterocycles. The van der Waals surface area contributed by atoms with Crippen LogP contribution in [0.1, 0.15) is 6.92 Å². The molecule has 0 aliphatic carbocycles. The summed E-state index contributed by atoms with van der Waals surface area (Å²) in [5.74, 6) is 0. The molecule has 0 amide bonds. The van der Waals surface area contributed by atoms with Gasteiger partial charge in [0.15, 0.2) is 0 Å². The predicted molar refractivity (Wildman–Crippen MR) is 47.3 cm³/mol. The van der Waals surface area contributed by atoms with E-state index in [9.17, 15) is 0 Å². The van der Waals surface area contributed by atoms with E-state index in [2.05, 4.69) is 43.6 Å². The van der Waals surface area contributed by atoms with Gasteiger partial charge in [0, 0.05) is 0 Å². The Balaban J connectivity index is 3.71. The van der Waals surface area contributed by atoms with Gasteiger partial charge in [-0.15, -0.1) is 0 Å². The van der Waals surface area contributed by atoms with Gasteiger partial charge in [-0.3, -0.25) is 0 Å². The summed E-state index contributed by atoms with van der Waals surface area (Å²) in [5, 5.41) is 0. The number of hydrogen-bond acceptors (Lipinski definition) is 0. The van der Waals surface area contributed by atoms with Crippen LogP contribution in [-0.2, 0) is 0 Å². The Hall–Kier alpha value is -0.303. The molecule has 0 N–H and O–H groups in total. The van der Waals surface area contributed by atoms with Crippen molar-refractivity contribution in [2.45, 2.75) is 26.6 Å². The summed E-state index contributed by atoms with van der Waals surface area (Å²) in [4.78, 5) is 0. The van der Waals surface area contributed by atoms with Crippen LogP contribution in [0.15, 0.2) is 23.9 Å². The molecule has 0 rings (SSSR count). The molecular weight excluding hydrogens is 124 g/mol. The summed E-state index contributed by atoms with van der Waals surface area (Å²) in [6, 6.07) is 0. The molecular formula is C8H16Si. The van der Waals surface area contributed by atoms with Crippen LogP contribution in [0.25, 0.3) is 0 Å². The lowest BCUT2D eigenvalue weighted by Crippen LogP contribution is -2.14. The van der Waals surface area contributed by atoms with Crippen LogP contribution < -0.4 is 0 Å². The third-order valence-electron chi connectivity index (χ3n) is 0.900. The summed E-state index contributed by atoms with van der Waals surface area (Å²) in [5.41, 5.74) is 2.33. The van der Waals surface area contributed by atoms with E-state index in [4.69, 9.17) is 0 Å². The number of hydrogen-bond donors (Lipinski definition) is 0. The van der Waals surface area contributed by atoms with Crippen LogP contribution in [0.3, 0.4) is 0 Å². The lowest BCUT2D eigenvalue weighted by Gasteiger charge is -2.06. The Kier molecular flexibility index (Phi) is 3.55. The van der Waals surface area contributed by atoms with Gasteiger partial charge in [-0.25, -0.2) is 0 Å². The van der Waals surface area contributed by atoms with E-state index in [1.807, 2.05) is 6.92 Å². The summed E-state index contributed by atoms with van der Waals surface area (Å²) in [6.07, 6.45) is 6.28. The molecule has 0 saturated heterocycles. The minimum Gasteiger partial charge on any atom is -0.0950 e. The van der Waals surface area contributed by atoms with Gasteiger partial charge in [-0.05, 0) is 6.92 Å². The highest BCUT2D eigenvalue weighted by atomic mass is 28.3. The molecule has 0 spiro atoms. The molecule has 1 heteroatoms. The van der Waals surface area contributed by atoms with Gasteiger partial charge >= 0.3 is 0 Å². The molecule has 0 aromatic carbocycles. The molecule has 0 atom stereocenters. The zero-order chi connectivity index (χ0) is 7.33. The van der Waals surface area contributed by atoms with Crippen LogP contribution in [0, 0.1) is 0 Å². The SMILES string of the molecule is C/C=C\C=C\[Si](C)(C)C. The van der Waals surface area contributed by atoms with E-state index >= 15 is 0 Å². The fourth-order valence-electron chi connectivity index (χ4n) is 0.455. The van der Waals surface area contributed by atoms with Crippen LogP contribution in [-0.4, -0.2) is 8.07 Å². The fraction of sp³-hybridized carbons (Fsp3) is 0.500. The quantitative estimate of drug-likeness (QED) is 0.408. The highest BCUT2D eigenvalue weighted by Gasteiger charge is 2.04. The maximum absolute atomic E-state index is 2.33. The first kappa shape index (κ1) is 8.70. The monoisotopic (exact) mass is 140 g/mol. The van der Waals surface area contributed by atoms with E-state index in [-0.39, 0.29) is 0 Å². The molecule has 0 radical (unpaired) electrons. The van der Waals surface area contributed by atoms with Gasteiger partial charge in [0.1, 0.15) is 0 Å². The maximum Gasteiger partial charge on any atom is 0.0686 e. The Morgan fingerprint density at radius 1 is 1.00 bits per heavy atom. The van der Waals surface area contributed by atoms with Gasteiger partial charge in [0.05, 0.1) is 8.07 Å². The van der Waals surface area contributed by atoms with Crippen molar-refractivity contribution < 1.29 is 0 Å². The van der Waals surface area contributed by atoms with Gasteiger partial charge in [-0.2, -0.15) is 0 Å². The second-order valence-electron chi connectivity index (χ2n) is 3.25. The average Bonchev–Trinajstić information content (AvgIpc) is 1.63. The maximum atomic E-state index is 2.33. The molecule has 52 valence electrons. The predicted octanol–water partition coefficient (Wildman–Crippen LogP) is 3.00. The van der Waals surface area contributed by atoms with Gasteiger partial charge in [-0.1, -0.05) is 43.6 Å². The molecule has 0 unspecified atom stereocenters. The molecule has 0 aromatic heterocycles. The molecule has 0 saturated carbocycles. The van der Waals surface area contributed by atoms with E-state index in [1.165, 1.54) is 0 Å². The van der Waals surface area contributed by atoms with Crippen LogP contribution >= 0.6 is 0 Å². The Labute approximate surface area is 59.3 Å². The third-order valence-corrected chi connectivity index (χ3v) is 2.09. The first-order chi connectivity index (χ1) is 4.06. The highest BCUT2D eigenvalue weighted by molar-refractivity contribution is 6.80. The fourth-order valence-corrected chi connectivity index (χ4v) is 1.14. The number of rotatable bonds is 2. The van der Waals surface area contributed by atoms with Gasteiger partial charge in [0.25, 0.3) is 0 Å². The van der Waals surface area contributed by atoms with Gasteiger partial charge < -0.3 is 0 Å². The van der Waals surface area contributed by atoms with Crippen molar-refractivity contribution in [1.82, 2.24) is 0 Å². The van der Waals surface area contributed by atoms with E-state index in [1.54, 1.807) is 0 Å². The van der Waals surface area contributed by atoms with Crippen molar-refractivity contribution in [1.29, 1.82) is 0 Å².